The van der Waals surface area contributed by atoms with Crippen LogP contribution in [0.5, 0.6) is 5.75 Å². The van der Waals surface area contributed by atoms with E-state index in [1.54, 1.807) is 23.8 Å². The van der Waals surface area contributed by atoms with Crippen molar-refractivity contribution >= 4 is 22.8 Å². The van der Waals surface area contributed by atoms with E-state index in [1.807, 2.05) is 6.07 Å². The number of carboxylic acids is 1. The maximum atomic E-state index is 11.1. The number of imidazole rings is 1. The first-order chi connectivity index (χ1) is 9.51. The lowest BCUT2D eigenvalue weighted by Gasteiger charge is -2.07. The fourth-order valence-electron chi connectivity index (χ4n) is 2.08. The van der Waals surface area contributed by atoms with Crippen LogP contribution in [-0.4, -0.2) is 33.5 Å². The maximum Gasteiger partial charge on any atom is 0.311 e. The van der Waals surface area contributed by atoms with E-state index in [-0.39, 0.29) is 12.2 Å². The Morgan fingerprint density at radius 3 is 2.75 bits per heavy atom. The van der Waals surface area contributed by atoms with Crippen molar-refractivity contribution in [2.24, 2.45) is 0 Å². The Hall–Kier alpha value is -2.37. The Labute approximate surface area is 116 Å². The van der Waals surface area contributed by atoms with Crippen LogP contribution in [0.4, 0.5) is 0 Å². The van der Waals surface area contributed by atoms with Crippen LogP contribution in [0.15, 0.2) is 18.2 Å². The molecular formula is C14H16N2O4. The molecule has 0 aliphatic rings. The SMILES string of the molecule is COc1ccc2c(c1)nc(CC(=O)O)n2CCC(C)=O. The van der Waals surface area contributed by atoms with Gasteiger partial charge in [-0.05, 0) is 19.1 Å². The van der Waals surface area contributed by atoms with Crippen LogP contribution in [0.1, 0.15) is 19.2 Å². The fraction of sp³-hybridized carbons (Fsp3) is 0.357. The molecular weight excluding hydrogens is 260 g/mol. The highest BCUT2D eigenvalue weighted by atomic mass is 16.5. The van der Waals surface area contributed by atoms with Gasteiger partial charge in [-0.1, -0.05) is 0 Å². The van der Waals surface area contributed by atoms with Crippen molar-refractivity contribution in [3.05, 3.63) is 24.0 Å². The Kier molecular flexibility index (Phi) is 4.02. The number of nitrogens with zero attached hydrogens (tertiary/aromatic N) is 2. The molecule has 1 aromatic heterocycles. The van der Waals surface area contributed by atoms with Crippen LogP contribution in [-0.2, 0) is 22.6 Å². The molecule has 6 heteroatoms. The Morgan fingerprint density at radius 1 is 1.40 bits per heavy atom. The lowest BCUT2D eigenvalue weighted by Crippen LogP contribution is -2.11. The number of benzene rings is 1. The number of hydrogen-bond donors (Lipinski definition) is 1. The first kappa shape index (κ1) is 14.0. The van der Waals surface area contributed by atoms with Crippen molar-refractivity contribution in [3.8, 4) is 5.75 Å². The number of methoxy groups -OCH3 is 1. The summed E-state index contributed by atoms with van der Waals surface area (Å²) in [5.74, 6) is 0.218. The third-order valence-electron chi connectivity index (χ3n) is 3.03. The van der Waals surface area contributed by atoms with E-state index in [4.69, 9.17) is 9.84 Å². The number of fused-ring (bicyclic) bond motifs is 1. The molecule has 0 atom stereocenters. The van der Waals surface area contributed by atoms with Crippen molar-refractivity contribution in [2.75, 3.05) is 7.11 Å². The molecule has 0 aliphatic heterocycles. The minimum Gasteiger partial charge on any atom is -0.497 e. The molecule has 6 nitrogen and oxygen atoms in total. The standard InChI is InChI=1S/C14H16N2O4/c1-9(17)5-6-16-12-4-3-10(20-2)7-11(12)15-13(16)8-14(18)19/h3-4,7H,5-6,8H2,1-2H3,(H,18,19). The zero-order valence-corrected chi connectivity index (χ0v) is 11.4. The summed E-state index contributed by atoms with van der Waals surface area (Å²) in [6, 6.07) is 5.37. The quantitative estimate of drug-likeness (QED) is 0.867. The van der Waals surface area contributed by atoms with Crippen molar-refractivity contribution in [3.63, 3.8) is 0 Å². The summed E-state index contributed by atoms with van der Waals surface area (Å²) in [6.45, 7) is 1.94. The minimum absolute atomic E-state index is 0.0571. The number of rotatable bonds is 6. The van der Waals surface area contributed by atoms with Gasteiger partial charge in [0.2, 0.25) is 0 Å². The summed E-state index contributed by atoms with van der Waals surface area (Å²) in [6.07, 6.45) is 0.180. The van der Waals surface area contributed by atoms with Crippen LogP contribution in [0, 0.1) is 0 Å². The molecule has 0 saturated heterocycles. The number of aromatic nitrogens is 2. The molecule has 2 aromatic rings. The normalized spacial score (nSPS) is 10.7. The predicted octanol–water partition coefficient (Wildman–Crippen LogP) is 1.65. The van der Waals surface area contributed by atoms with E-state index in [9.17, 15) is 9.59 Å². The first-order valence-corrected chi connectivity index (χ1v) is 6.25. The number of carboxylic acid groups (broad SMARTS) is 1. The molecule has 0 radical (unpaired) electrons. The summed E-state index contributed by atoms with van der Waals surface area (Å²) in [4.78, 5) is 26.4. The van der Waals surface area contributed by atoms with E-state index in [0.717, 1.165) is 5.52 Å². The molecule has 2 rings (SSSR count). The number of ketones is 1. The molecule has 1 N–H and O–H groups in total. The van der Waals surface area contributed by atoms with Gasteiger partial charge in [-0.2, -0.15) is 0 Å². The van der Waals surface area contributed by atoms with Crippen LogP contribution in [0.25, 0.3) is 11.0 Å². The zero-order valence-electron chi connectivity index (χ0n) is 11.4. The number of hydrogen-bond acceptors (Lipinski definition) is 4. The van der Waals surface area contributed by atoms with E-state index < -0.39 is 5.97 Å². The molecule has 0 spiro atoms. The van der Waals surface area contributed by atoms with Gasteiger partial charge in [-0.3, -0.25) is 9.59 Å². The molecule has 1 aromatic carbocycles. The predicted molar refractivity (Wildman–Crippen MR) is 72.9 cm³/mol. The second kappa shape index (κ2) is 5.73. The van der Waals surface area contributed by atoms with Gasteiger partial charge in [0.25, 0.3) is 0 Å². The van der Waals surface area contributed by atoms with Gasteiger partial charge in [-0.15, -0.1) is 0 Å². The van der Waals surface area contributed by atoms with Gasteiger partial charge in [0.15, 0.2) is 0 Å². The van der Waals surface area contributed by atoms with Crippen LogP contribution in [0.3, 0.4) is 0 Å². The molecule has 0 amide bonds. The summed E-state index contributed by atoms with van der Waals surface area (Å²) < 4.78 is 6.91. The van der Waals surface area contributed by atoms with Crippen molar-refractivity contribution in [1.82, 2.24) is 9.55 Å². The van der Waals surface area contributed by atoms with E-state index in [0.29, 0.717) is 30.1 Å². The molecule has 0 aliphatic carbocycles. The van der Waals surface area contributed by atoms with Gasteiger partial charge >= 0.3 is 5.97 Å². The van der Waals surface area contributed by atoms with Gasteiger partial charge in [-0.25, -0.2) is 4.98 Å². The van der Waals surface area contributed by atoms with E-state index in [2.05, 4.69) is 4.98 Å². The van der Waals surface area contributed by atoms with Crippen molar-refractivity contribution < 1.29 is 19.4 Å². The Morgan fingerprint density at radius 2 is 2.15 bits per heavy atom. The van der Waals surface area contributed by atoms with Gasteiger partial charge in [0.05, 0.1) is 18.1 Å². The molecule has 0 bridgehead atoms. The summed E-state index contributed by atoms with van der Waals surface area (Å²) in [5.41, 5.74) is 1.48. The third-order valence-corrected chi connectivity index (χ3v) is 3.03. The average Bonchev–Trinajstić information content (AvgIpc) is 2.71. The number of aliphatic carboxylic acids is 1. The van der Waals surface area contributed by atoms with Gasteiger partial charge in [0.1, 0.15) is 23.8 Å². The van der Waals surface area contributed by atoms with Crippen LogP contribution < -0.4 is 4.74 Å². The molecule has 1 heterocycles. The van der Waals surface area contributed by atoms with Gasteiger partial charge < -0.3 is 14.4 Å². The van der Waals surface area contributed by atoms with Gasteiger partial charge in [0, 0.05) is 19.0 Å². The molecule has 0 fully saturated rings. The van der Waals surface area contributed by atoms with Crippen LogP contribution >= 0.6 is 0 Å². The average molecular weight is 276 g/mol. The molecule has 106 valence electrons. The van der Waals surface area contributed by atoms with Crippen molar-refractivity contribution in [2.45, 2.75) is 26.3 Å². The van der Waals surface area contributed by atoms with Crippen molar-refractivity contribution in [1.29, 1.82) is 0 Å². The lowest BCUT2D eigenvalue weighted by atomic mass is 10.2. The minimum atomic E-state index is -0.948. The fourth-order valence-corrected chi connectivity index (χ4v) is 2.08. The van der Waals surface area contributed by atoms with E-state index >= 15 is 0 Å². The maximum absolute atomic E-state index is 11.1. The summed E-state index contributed by atoms with van der Waals surface area (Å²) in [5, 5.41) is 8.95. The Balaban J connectivity index is 2.47. The van der Waals surface area contributed by atoms with Crippen LogP contribution in [0.2, 0.25) is 0 Å². The first-order valence-electron chi connectivity index (χ1n) is 6.25. The number of Topliss-reactive ketones (excluding diaryl/α,β-unsaturated/α-hetero) is 1. The molecule has 20 heavy (non-hydrogen) atoms. The highest BCUT2D eigenvalue weighted by Gasteiger charge is 2.14. The zero-order chi connectivity index (χ0) is 14.7. The number of aryl methyl sites for hydroxylation is 1. The number of carbonyl (C=O) groups excluding carboxylic acids is 1. The summed E-state index contributed by atoms with van der Waals surface area (Å²) in [7, 11) is 1.56. The monoisotopic (exact) mass is 276 g/mol. The molecule has 0 saturated carbocycles. The summed E-state index contributed by atoms with van der Waals surface area (Å²) >= 11 is 0. The van der Waals surface area contributed by atoms with E-state index in [1.165, 1.54) is 6.92 Å². The number of ether oxygens (including phenoxy) is 1. The third kappa shape index (κ3) is 2.96. The highest BCUT2D eigenvalue weighted by molar-refractivity contribution is 5.80. The highest BCUT2D eigenvalue weighted by Crippen LogP contribution is 2.22. The topological polar surface area (TPSA) is 81.4 Å². The second-order valence-corrected chi connectivity index (χ2v) is 4.56. The lowest BCUT2D eigenvalue weighted by molar-refractivity contribution is -0.136. The second-order valence-electron chi connectivity index (χ2n) is 4.56. The molecule has 0 unspecified atom stereocenters. The largest absolute Gasteiger partial charge is 0.497 e. The Bertz CT molecular complexity index is 660. The number of carbonyl (C=O) groups is 2. The smallest absolute Gasteiger partial charge is 0.311 e.